The average molecular weight is 258 g/mol. The van der Waals surface area contributed by atoms with Crippen molar-refractivity contribution in [3.05, 3.63) is 40.2 Å². The molecule has 0 aliphatic heterocycles. The molecule has 0 aliphatic carbocycles. The van der Waals surface area contributed by atoms with Gasteiger partial charge in [0, 0.05) is 18.3 Å². The molecule has 1 aromatic heterocycles. The molecule has 1 aromatic carbocycles. The van der Waals surface area contributed by atoms with E-state index in [1.54, 1.807) is 11.7 Å². The zero-order valence-corrected chi connectivity index (χ0v) is 11.9. The normalized spacial score (nSPS) is 10.8. The predicted molar refractivity (Wildman–Crippen MR) is 74.6 cm³/mol. The molecule has 19 heavy (non-hydrogen) atoms. The molecule has 0 spiro atoms. The van der Waals surface area contributed by atoms with Gasteiger partial charge in [0.15, 0.2) is 5.69 Å². The molecule has 0 atom stereocenters. The first-order valence-electron chi connectivity index (χ1n) is 6.18. The molecule has 1 heterocycles. The fraction of sp³-hybridized carbons (Fsp3) is 0.333. The molecule has 4 nitrogen and oxygen atoms in total. The van der Waals surface area contributed by atoms with Crippen LogP contribution in [0.25, 0.3) is 11.1 Å². The van der Waals surface area contributed by atoms with E-state index in [1.165, 1.54) is 5.56 Å². The molecule has 0 unspecified atom stereocenters. The van der Waals surface area contributed by atoms with E-state index in [4.69, 9.17) is 0 Å². The van der Waals surface area contributed by atoms with Crippen LogP contribution >= 0.6 is 0 Å². The number of aromatic nitrogens is 2. The molecule has 0 bridgehead atoms. The minimum absolute atomic E-state index is 0.120. The summed E-state index contributed by atoms with van der Waals surface area (Å²) in [5, 5.41) is 13.4. The number of carboxylic acid groups (broad SMARTS) is 1. The Morgan fingerprint density at radius 1 is 1.11 bits per heavy atom. The minimum Gasteiger partial charge on any atom is -0.476 e. The Morgan fingerprint density at radius 2 is 1.63 bits per heavy atom. The van der Waals surface area contributed by atoms with Crippen molar-refractivity contribution in [1.29, 1.82) is 0 Å². The Hall–Kier alpha value is -2.10. The van der Waals surface area contributed by atoms with Crippen molar-refractivity contribution in [3.8, 4) is 11.1 Å². The third-order valence-electron chi connectivity index (χ3n) is 3.46. The number of carbonyl (C=O) groups is 1. The van der Waals surface area contributed by atoms with Gasteiger partial charge in [0.2, 0.25) is 0 Å². The van der Waals surface area contributed by atoms with Crippen molar-refractivity contribution in [2.75, 3.05) is 0 Å². The number of nitrogens with zero attached hydrogens (tertiary/aromatic N) is 2. The Morgan fingerprint density at radius 3 is 2.11 bits per heavy atom. The van der Waals surface area contributed by atoms with Gasteiger partial charge in [-0.05, 0) is 44.4 Å². The quantitative estimate of drug-likeness (QED) is 0.900. The second-order valence-electron chi connectivity index (χ2n) is 5.01. The molecule has 0 saturated carbocycles. The van der Waals surface area contributed by atoms with Crippen LogP contribution in [-0.4, -0.2) is 20.9 Å². The van der Waals surface area contributed by atoms with Gasteiger partial charge in [0.05, 0.1) is 0 Å². The largest absolute Gasteiger partial charge is 0.476 e. The fourth-order valence-corrected chi connectivity index (χ4v) is 2.63. The molecule has 2 rings (SSSR count). The molecular formula is C15H18N2O2. The van der Waals surface area contributed by atoms with Crippen LogP contribution in [0.1, 0.15) is 32.9 Å². The number of hydrogen-bond acceptors (Lipinski definition) is 2. The first kappa shape index (κ1) is 13.3. The zero-order chi connectivity index (χ0) is 14.3. The molecule has 0 aliphatic rings. The third kappa shape index (κ3) is 2.14. The summed E-state index contributed by atoms with van der Waals surface area (Å²) in [6, 6.07) is 4.14. The van der Waals surface area contributed by atoms with E-state index < -0.39 is 5.97 Å². The summed E-state index contributed by atoms with van der Waals surface area (Å²) >= 11 is 0. The summed E-state index contributed by atoms with van der Waals surface area (Å²) < 4.78 is 1.62. The van der Waals surface area contributed by atoms with Crippen LogP contribution in [0, 0.1) is 27.7 Å². The van der Waals surface area contributed by atoms with Crippen LogP contribution in [-0.2, 0) is 7.05 Å². The number of carboxylic acids is 1. The van der Waals surface area contributed by atoms with E-state index >= 15 is 0 Å². The monoisotopic (exact) mass is 258 g/mol. The van der Waals surface area contributed by atoms with Crippen LogP contribution < -0.4 is 0 Å². The number of hydrogen-bond donors (Lipinski definition) is 1. The van der Waals surface area contributed by atoms with Gasteiger partial charge < -0.3 is 5.11 Å². The lowest BCUT2D eigenvalue weighted by Gasteiger charge is -2.12. The summed E-state index contributed by atoms with van der Waals surface area (Å²) in [5.74, 6) is -0.988. The molecule has 0 saturated heterocycles. The Balaban J connectivity index is 2.83. The van der Waals surface area contributed by atoms with Gasteiger partial charge in [-0.15, -0.1) is 0 Å². The van der Waals surface area contributed by atoms with Crippen LogP contribution in [0.15, 0.2) is 12.1 Å². The zero-order valence-electron chi connectivity index (χ0n) is 11.9. The molecule has 2 aromatic rings. The summed E-state index contributed by atoms with van der Waals surface area (Å²) in [4.78, 5) is 11.4. The molecule has 100 valence electrons. The second-order valence-corrected chi connectivity index (χ2v) is 5.01. The van der Waals surface area contributed by atoms with Crippen LogP contribution in [0.4, 0.5) is 0 Å². The third-order valence-corrected chi connectivity index (χ3v) is 3.46. The van der Waals surface area contributed by atoms with Gasteiger partial charge in [-0.2, -0.15) is 5.10 Å². The van der Waals surface area contributed by atoms with E-state index in [0.717, 1.165) is 27.9 Å². The summed E-state index contributed by atoms with van der Waals surface area (Å²) in [5.41, 5.74) is 6.03. The number of benzene rings is 1. The van der Waals surface area contributed by atoms with Gasteiger partial charge in [-0.1, -0.05) is 17.7 Å². The fourth-order valence-electron chi connectivity index (χ4n) is 2.63. The standard InChI is InChI=1S/C15H18N2O2/c1-8-6-9(2)12(10(3)7-8)13-11(4)17(5)16-14(13)15(18)19/h6-7H,1-5H3,(H,18,19). The number of rotatable bonds is 2. The van der Waals surface area contributed by atoms with Crippen LogP contribution in [0.2, 0.25) is 0 Å². The number of aryl methyl sites for hydroxylation is 4. The average Bonchev–Trinajstić information content (AvgIpc) is 2.56. The van der Waals surface area contributed by atoms with Gasteiger partial charge in [0.25, 0.3) is 0 Å². The minimum atomic E-state index is -0.988. The van der Waals surface area contributed by atoms with E-state index in [9.17, 15) is 9.90 Å². The molecular weight excluding hydrogens is 240 g/mol. The van der Waals surface area contributed by atoms with Crippen molar-refractivity contribution in [2.24, 2.45) is 7.05 Å². The summed E-state index contributed by atoms with van der Waals surface area (Å²) in [6.07, 6.45) is 0. The predicted octanol–water partition coefficient (Wildman–Crippen LogP) is 3.02. The topological polar surface area (TPSA) is 55.1 Å². The Labute approximate surface area is 112 Å². The highest BCUT2D eigenvalue weighted by molar-refractivity contribution is 5.96. The molecule has 1 N–H and O–H groups in total. The van der Waals surface area contributed by atoms with Crippen LogP contribution in [0.3, 0.4) is 0 Å². The van der Waals surface area contributed by atoms with E-state index in [1.807, 2.05) is 27.7 Å². The lowest BCUT2D eigenvalue weighted by atomic mass is 9.92. The van der Waals surface area contributed by atoms with Crippen molar-refractivity contribution < 1.29 is 9.90 Å². The van der Waals surface area contributed by atoms with E-state index in [-0.39, 0.29) is 5.69 Å². The first-order chi connectivity index (χ1) is 8.82. The summed E-state index contributed by atoms with van der Waals surface area (Å²) in [7, 11) is 1.77. The van der Waals surface area contributed by atoms with Crippen molar-refractivity contribution in [1.82, 2.24) is 9.78 Å². The maximum atomic E-state index is 11.4. The van der Waals surface area contributed by atoms with Crippen molar-refractivity contribution in [2.45, 2.75) is 27.7 Å². The maximum absolute atomic E-state index is 11.4. The van der Waals surface area contributed by atoms with E-state index in [0.29, 0.717) is 0 Å². The molecule has 0 fully saturated rings. The first-order valence-corrected chi connectivity index (χ1v) is 6.18. The molecule has 0 amide bonds. The smallest absolute Gasteiger partial charge is 0.357 e. The van der Waals surface area contributed by atoms with Gasteiger partial charge in [-0.25, -0.2) is 4.79 Å². The van der Waals surface area contributed by atoms with Gasteiger partial charge >= 0.3 is 5.97 Å². The highest BCUT2D eigenvalue weighted by Gasteiger charge is 2.22. The van der Waals surface area contributed by atoms with Crippen LogP contribution in [0.5, 0.6) is 0 Å². The van der Waals surface area contributed by atoms with Crippen molar-refractivity contribution in [3.63, 3.8) is 0 Å². The molecule has 4 heteroatoms. The number of aromatic carboxylic acids is 1. The SMILES string of the molecule is Cc1cc(C)c(-c2c(C(=O)O)nn(C)c2C)c(C)c1. The van der Waals surface area contributed by atoms with Gasteiger partial charge in [-0.3, -0.25) is 4.68 Å². The van der Waals surface area contributed by atoms with Gasteiger partial charge in [0.1, 0.15) is 0 Å². The second kappa shape index (κ2) is 4.53. The van der Waals surface area contributed by atoms with Crippen molar-refractivity contribution >= 4 is 5.97 Å². The lowest BCUT2D eigenvalue weighted by Crippen LogP contribution is -2.01. The Kier molecular flexibility index (Phi) is 3.18. The highest BCUT2D eigenvalue weighted by Crippen LogP contribution is 2.33. The Bertz CT molecular complexity index is 646. The van der Waals surface area contributed by atoms with E-state index in [2.05, 4.69) is 17.2 Å². The molecule has 0 radical (unpaired) electrons. The summed E-state index contributed by atoms with van der Waals surface area (Å²) in [6.45, 7) is 7.95. The lowest BCUT2D eigenvalue weighted by molar-refractivity contribution is 0.0690. The maximum Gasteiger partial charge on any atom is 0.357 e. The highest BCUT2D eigenvalue weighted by atomic mass is 16.4.